The molecule has 0 amide bonds. The van der Waals surface area contributed by atoms with Crippen LogP contribution in [0.25, 0.3) is 10.9 Å². The van der Waals surface area contributed by atoms with Crippen molar-refractivity contribution in [2.75, 3.05) is 5.33 Å². The van der Waals surface area contributed by atoms with E-state index in [0.29, 0.717) is 10.9 Å². The van der Waals surface area contributed by atoms with E-state index in [1.54, 1.807) is 6.20 Å². The van der Waals surface area contributed by atoms with Gasteiger partial charge in [-0.15, -0.1) is 0 Å². The lowest BCUT2D eigenvalue weighted by atomic mass is 10.1. The molecule has 0 N–H and O–H groups in total. The van der Waals surface area contributed by atoms with E-state index >= 15 is 0 Å². The Balaban J connectivity index is 2.56. The summed E-state index contributed by atoms with van der Waals surface area (Å²) >= 11 is 3.14. The Morgan fingerprint density at radius 2 is 2.14 bits per heavy atom. The lowest BCUT2D eigenvalue weighted by Crippen LogP contribution is -2.00. The molecule has 1 aromatic heterocycles. The Hall–Kier alpha value is -1.22. The van der Waals surface area contributed by atoms with Crippen LogP contribution in [-0.2, 0) is 0 Å². The van der Waals surface area contributed by atoms with E-state index in [1.807, 2.05) is 30.3 Å². The highest BCUT2D eigenvalue weighted by Crippen LogP contribution is 2.13. The van der Waals surface area contributed by atoms with Gasteiger partial charge in [0.05, 0.1) is 10.8 Å². The van der Waals surface area contributed by atoms with Gasteiger partial charge in [0, 0.05) is 17.1 Å². The number of ketones is 1. The lowest BCUT2D eigenvalue weighted by molar-refractivity contribution is 0.102. The molecule has 0 bridgehead atoms. The molecule has 14 heavy (non-hydrogen) atoms. The third-order valence-electron chi connectivity index (χ3n) is 2.03. The highest BCUT2D eigenvalue weighted by molar-refractivity contribution is 9.09. The van der Waals surface area contributed by atoms with Gasteiger partial charge in [0.1, 0.15) is 0 Å². The van der Waals surface area contributed by atoms with Crippen molar-refractivity contribution in [1.82, 2.24) is 4.98 Å². The third-order valence-corrected chi connectivity index (χ3v) is 2.54. The molecule has 0 radical (unpaired) electrons. The van der Waals surface area contributed by atoms with E-state index in [0.717, 1.165) is 10.9 Å². The number of nitrogens with zero attached hydrogens (tertiary/aromatic N) is 1. The van der Waals surface area contributed by atoms with Crippen LogP contribution in [0.5, 0.6) is 0 Å². The number of benzene rings is 1. The second-order valence-electron chi connectivity index (χ2n) is 2.97. The van der Waals surface area contributed by atoms with Crippen molar-refractivity contribution in [3.8, 4) is 0 Å². The molecule has 3 heteroatoms. The lowest BCUT2D eigenvalue weighted by Gasteiger charge is -1.99. The first-order chi connectivity index (χ1) is 6.81. The van der Waals surface area contributed by atoms with Gasteiger partial charge in [-0.2, -0.15) is 0 Å². The van der Waals surface area contributed by atoms with Crippen LogP contribution in [0.1, 0.15) is 10.4 Å². The fourth-order valence-electron chi connectivity index (χ4n) is 1.30. The SMILES string of the molecule is O=C(CBr)c1cnc2ccccc2c1. The molecule has 0 aliphatic heterocycles. The van der Waals surface area contributed by atoms with Gasteiger partial charge in [-0.05, 0) is 12.1 Å². The second-order valence-corrected chi connectivity index (χ2v) is 3.53. The Morgan fingerprint density at radius 3 is 2.93 bits per heavy atom. The number of alkyl halides is 1. The number of hydrogen-bond acceptors (Lipinski definition) is 2. The highest BCUT2D eigenvalue weighted by Gasteiger charge is 2.04. The number of rotatable bonds is 2. The van der Waals surface area contributed by atoms with Crippen LogP contribution in [0, 0.1) is 0 Å². The fourth-order valence-corrected chi connectivity index (χ4v) is 1.62. The number of para-hydroxylation sites is 1. The molecule has 2 nitrogen and oxygen atoms in total. The van der Waals surface area contributed by atoms with Crippen LogP contribution in [0.15, 0.2) is 36.5 Å². The zero-order valence-electron chi connectivity index (χ0n) is 7.40. The number of carbonyl (C=O) groups excluding carboxylic acids is 1. The maximum atomic E-state index is 11.4. The van der Waals surface area contributed by atoms with Crippen LogP contribution in [0.4, 0.5) is 0 Å². The minimum absolute atomic E-state index is 0.0586. The van der Waals surface area contributed by atoms with Crippen LogP contribution >= 0.6 is 15.9 Å². The quantitative estimate of drug-likeness (QED) is 0.606. The summed E-state index contributed by atoms with van der Waals surface area (Å²) in [5.41, 5.74) is 1.57. The minimum atomic E-state index is 0.0586. The maximum Gasteiger partial charge on any atom is 0.174 e. The van der Waals surface area contributed by atoms with E-state index in [2.05, 4.69) is 20.9 Å². The topological polar surface area (TPSA) is 30.0 Å². The van der Waals surface area contributed by atoms with Gasteiger partial charge in [-0.25, -0.2) is 0 Å². The molecule has 0 aliphatic carbocycles. The average Bonchev–Trinajstić information content (AvgIpc) is 2.27. The van der Waals surface area contributed by atoms with Crippen molar-refractivity contribution >= 4 is 32.6 Å². The first kappa shape index (κ1) is 9.34. The zero-order chi connectivity index (χ0) is 9.97. The highest BCUT2D eigenvalue weighted by atomic mass is 79.9. The Kier molecular flexibility index (Phi) is 2.59. The van der Waals surface area contributed by atoms with E-state index in [9.17, 15) is 4.79 Å². The summed E-state index contributed by atoms with van der Waals surface area (Å²) in [6.07, 6.45) is 1.62. The van der Waals surface area contributed by atoms with Gasteiger partial charge in [0.2, 0.25) is 0 Å². The van der Waals surface area contributed by atoms with Gasteiger partial charge in [-0.1, -0.05) is 34.1 Å². The minimum Gasteiger partial charge on any atom is -0.293 e. The summed E-state index contributed by atoms with van der Waals surface area (Å²) in [4.78, 5) is 15.6. The Labute approximate surface area is 90.1 Å². The largest absolute Gasteiger partial charge is 0.293 e. The summed E-state index contributed by atoms with van der Waals surface area (Å²) in [7, 11) is 0. The monoisotopic (exact) mass is 249 g/mol. The number of fused-ring (bicyclic) bond motifs is 1. The van der Waals surface area contributed by atoms with Crippen LogP contribution in [-0.4, -0.2) is 16.1 Å². The third kappa shape index (κ3) is 1.68. The molecule has 0 spiro atoms. The maximum absolute atomic E-state index is 11.4. The van der Waals surface area contributed by atoms with Crippen molar-refractivity contribution in [2.24, 2.45) is 0 Å². The summed E-state index contributed by atoms with van der Waals surface area (Å²) in [5, 5.41) is 1.34. The van der Waals surface area contributed by atoms with Crippen molar-refractivity contribution < 1.29 is 4.79 Å². The Morgan fingerprint density at radius 1 is 1.36 bits per heavy atom. The van der Waals surface area contributed by atoms with Gasteiger partial charge in [0.25, 0.3) is 0 Å². The van der Waals surface area contributed by atoms with Crippen molar-refractivity contribution in [2.45, 2.75) is 0 Å². The normalized spacial score (nSPS) is 10.4. The number of aromatic nitrogens is 1. The first-order valence-corrected chi connectivity index (χ1v) is 5.37. The molecule has 2 aromatic rings. The molecule has 0 saturated heterocycles. The summed E-state index contributed by atoms with van der Waals surface area (Å²) in [6.45, 7) is 0. The van der Waals surface area contributed by atoms with E-state index < -0.39 is 0 Å². The van der Waals surface area contributed by atoms with Crippen molar-refractivity contribution in [1.29, 1.82) is 0 Å². The predicted molar refractivity (Wildman–Crippen MR) is 59.9 cm³/mol. The molecule has 2 rings (SSSR count). The smallest absolute Gasteiger partial charge is 0.174 e. The molecule has 0 atom stereocenters. The van der Waals surface area contributed by atoms with Crippen LogP contribution in [0.2, 0.25) is 0 Å². The molecule has 1 heterocycles. The summed E-state index contributed by atoms with van der Waals surface area (Å²) in [6, 6.07) is 9.62. The predicted octanol–water partition coefficient (Wildman–Crippen LogP) is 2.81. The average molecular weight is 250 g/mol. The zero-order valence-corrected chi connectivity index (χ0v) is 8.99. The first-order valence-electron chi connectivity index (χ1n) is 4.25. The van der Waals surface area contributed by atoms with E-state index in [-0.39, 0.29) is 5.78 Å². The number of Topliss-reactive ketones (excluding diaryl/α,β-unsaturated/α-hetero) is 1. The number of halogens is 1. The fraction of sp³-hybridized carbons (Fsp3) is 0.0909. The number of carbonyl (C=O) groups is 1. The van der Waals surface area contributed by atoms with Gasteiger partial charge >= 0.3 is 0 Å². The van der Waals surface area contributed by atoms with Gasteiger partial charge in [0.15, 0.2) is 5.78 Å². The Bertz CT molecular complexity index is 481. The van der Waals surface area contributed by atoms with Crippen LogP contribution < -0.4 is 0 Å². The van der Waals surface area contributed by atoms with Crippen molar-refractivity contribution in [3.63, 3.8) is 0 Å². The van der Waals surface area contributed by atoms with E-state index in [4.69, 9.17) is 0 Å². The molecule has 0 saturated carbocycles. The number of hydrogen-bond donors (Lipinski definition) is 0. The molecule has 70 valence electrons. The molecule has 0 fully saturated rings. The molecule has 0 unspecified atom stereocenters. The molecular formula is C11H8BrNO. The second kappa shape index (κ2) is 3.88. The standard InChI is InChI=1S/C11H8BrNO/c12-6-11(14)9-5-8-3-1-2-4-10(8)13-7-9/h1-5,7H,6H2. The van der Waals surface area contributed by atoms with Crippen molar-refractivity contribution in [3.05, 3.63) is 42.1 Å². The summed E-state index contributed by atoms with van der Waals surface area (Å²) < 4.78 is 0. The van der Waals surface area contributed by atoms with Gasteiger partial charge < -0.3 is 0 Å². The molecule has 1 aromatic carbocycles. The van der Waals surface area contributed by atoms with Gasteiger partial charge in [-0.3, -0.25) is 9.78 Å². The van der Waals surface area contributed by atoms with E-state index in [1.165, 1.54) is 0 Å². The summed E-state index contributed by atoms with van der Waals surface area (Å²) in [5.74, 6) is 0.0586. The molecule has 0 aliphatic rings. The molecular weight excluding hydrogens is 242 g/mol. The number of pyridine rings is 1. The van der Waals surface area contributed by atoms with Crippen LogP contribution in [0.3, 0.4) is 0 Å².